The smallest absolute Gasteiger partial charge is 0.103 e. The highest BCUT2D eigenvalue weighted by Crippen LogP contribution is 2.25. The molecule has 2 aromatic heterocycles. The van der Waals surface area contributed by atoms with Crippen LogP contribution in [0.25, 0.3) is 0 Å². The van der Waals surface area contributed by atoms with Crippen LogP contribution in [0, 0.1) is 0 Å². The Morgan fingerprint density at radius 3 is 3.00 bits per heavy atom. The first-order valence-electron chi connectivity index (χ1n) is 6.00. The molecule has 2 rings (SSSR count). The number of halogens is 1. The summed E-state index contributed by atoms with van der Waals surface area (Å²) in [5.41, 5.74) is 1.41. The lowest BCUT2D eigenvalue weighted by molar-refractivity contribution is 0.152. The molecule has 0 saturated carbocycles. The zero-order valence-corrected chi connectivity index (χ0v) is 11.4. The summed E-state index contributed by atoms with van der Waals surface area (Å²) in [6.45, 7) is 1.07. The third-order valence-corrected chi connectivity index (χ3v) is 3.08. The predicted molar refractivity (Wildman–Crippen MR) is 72.0 cm³/mol. The summed E-state index contributed by atoms with van der Waals surface area (Å²) < 4.78 is 6.68. The third kappa shape index (κ3) is 3.53. The summed E-state index contributed by atoms with van der Waals surface area (Å²) in [5, 5.41) is 14.9. The van der Waals surface area contributed by atoms with Crippen LogP contribution in [-0.2, 0) is 17.7 Å². The predicted octanol–water partition coefficient (Wildman–Crippen LogP) is 1.85. The minimum Gasteiger partial charge on any atom is -0.386 e. The van der Waals surface area contributed by atoms with Gasteiger partial charge in [0.15, 0.2) is 0 Å². The van der Waals surface area contributed by atoms with Crippen molar-refractivity contribution in [2.45, 2.75) is 19.1 Å². The lowest BCUT2D eigenvalue weighted by Crippen LogP contribution is -2.14. The quantitative estimate of drug-likeness (QED) is 0.878. The van der Waals surface area contributed by atoms with Gasteiger partial charge in [0.2, 0.25) is 0 Å². The fourth-order valence-corrected chi connectivity index (χ4v) is 2.14. The molecular weight excluding hydrogens is 266 g/mol. The monoisotopic (exact) mass is 281 g/mol. The normalized spacial score (nSPS) is 12.6. The Kier molecular flexibility index (Phi) is 4.90. The van der Waals surface area contributed by atoms with Gasteiger partial charge in [-0.15, -0.1) is 0 Å². The Balaban J connectivity index is 2.14. The summed E-state index contributed by atoms with van der Waals surface area (Å²) in [4.78, 5) is 4.19. The number of hydrogen-bond donors (Lipinski definition) is 1. The molecule has 1 N–H and O–H groups in total. The molecule has 0 aromatic carbocycles. The lowest BCUT2D eigenvalue weighted by atomic mass is 10.1. The number of aliphatic hydroxyl groups is 1. The Bertz CT molecular complexity index is 516. The maximum Gasteiger partial charge on any atom is 0.103 e. The molecule has 2 heterocycles. The number of hydrogen-bond acceptors (Lipinski definition) is 4. The van der Waals surface area contributed by atoms with Gasteiger partial charge in [-0.25, -0.2) is 0 Å². The van der Waals surface area contributed by atoms with E-state index in [9.17, 15) is 5.11 Å². The molecule has 0 aliphatic heterocycles. The third-order valence-electron chi connectivity index (χ3n) is 2.78. The van der Waals surface area contributed by atoms with Gasteiger partial charge < -0.3 is 9.84 Å². The molecule has 0 fully saturated rings. The first-order valence-corrected chi connectivity index (χ1v) is 6.38. The molecule has 1 atom stereocenters. The second kappa shape index (κ2) is 6.65. The van der Waals surface area contributed by atoms with Crippen LogP contribution in [0.5, 0.6) is 0 Å². The minimum atomic E-state index is -0.734. The Morgan fingerprint density at radius 2 is 2.32 bits per heavy atom. The fraction of sp³-hybridized carbons (Fsp3) is 0.385. The van der Waals surface area contributed by atoms with Crippen molar-refractivity contribution in [3.8, 4) is 0 Å². The summed E-state index contributed by atoms with van der Waals surface area (Å²) >= 11 is 6.08. The number of nitrogens with zero attached hydrogens (tertiary/aromatic N) is 3. The molecule has 0 radical (unpaired) electrons. The van der Waals surface area contributed by atoms with Gasteiger partial charge in [0.1, 0.15) is 6.10 Å². The zero-order valence-electron chi connectivity index (χ0n) is 10.7. The molecule has 19 heavy (non-hydrogen) atoms. The molecule has 5 nitrogen and oxygen atoms in total. The van der Waals surface area contributed by atoms with Crippen LogP contribution in [0.3, 0.4) is 0 Å². The van der Waals surface area contributed by atoms with Gasteiger partial charge in [-0.3, -0.25) is 9.67 Å². The van der Waals surface area contributed by atoms with Gasteiger partial charge in [0.05, 0.1) is 30.1 Å². The number of methoxy groups -OCH3 is 1. The molecule has 0 bridgehead atoms. The van der Waals surface area contributed by atoms with Crippen LogP contribution in [0.15, 0.2) is 30.6 Å². The van der Waals surface area contributed by atoms with E-state index < -0.39 is 6.10 Å². The van der Waals surface area contributed by atoms with Crippen molar-refractivity contribution in [3.63, 3.8) is 0 Å². The van der Waals surface area contributed by atoms with Crippen LogP contribution in [0.1, 0.15) is 17.5 Å². The molecule has 0 aliphatic rings. The van der Waals surface area contributed by atoms with E-state index in [-0.39, 0.29) is 0 Å². The highest BCUT2D eigenvalue weighted by Gasteiger charge is 2.18. The molecule has 1 unspecified atom stereocenters. The van der Waals surface area contributed by atoms with E-state index >= 15 is 0 Å². The number of aliphatic hydroxyl groups excluding tert-OH is 1. The Labute approximate surface area is 116 Å². The van der Waals surface area contributed by atoms with Crippen molar-refractivity contribution in [1.82, 2.24) is 14.8 Å². The van der Waals surface area contributed by atoms with Gasteiger partial charge in [-0.05, 0) is 12.1 Å². The first kappa shape index (κ1) is 14.0. The standard InChI is InChI=1S/C13H16ClN3O2/c1-19-7-6-17-13(11(14)9-16-17)12(18)8-10-4-2-3-5-15-10/h2-5,9,12,18H,6-8H2,1H3. The van der Waals surface area contributed by atoms with Crippen molar-refractivity contribution < 1.29 is 9.84 Å². The number of rotatable bonds is 6. The molecule has 0 amide bonds. The van der Waals surface area contributed by atoms with Crippen molar-refractivity contribution in [2.75, 3.05) is 13.7 Å². The average molecular weight is 282 g/mol. The maximum absolute atomic E-state index is 10.3. The first-order chi connectivity index (χ1) is 9.22. The highest BCUT2D eigenvalue weighted by molar-refractivity contribution is 6.31. The topological polar surface area (TPSA) is 60.2 Å². The maximum atomic E-state index is 10.3. The Morgan fingerprint density at radius 1 is 1.47 bits per heavy atom. The van der Waals surface area contributed by atoms with Gasteiger partial charge in [-0.2, -0.15) is 5.10 Å². The van der Waals surface area contributed by atoms with E-state index in [0.717, 1.165) is 5.69 Å². The Hall–Kier alpha value is -1.43. The lowest BCUT2D eigenvalue weighted by Gasteiger charge is -2.13. The number of ether oxygens (including phenoxy) is 1. The van der Waals surface area contributed by atoms with Crippen molar-refractivity contribution in [1.29, 1.82) is 0 Å². The van der Waals surface area contributed by atoms with Gasteiger partial charge in [-0.1, -0.05) is 17.7 Å². The number of aromatic nitrogens is 3. The van der Waals surface area contributed by atoms with E-state index in [1.165, 1.54) is 6.20 Å². The van der Waals surface area contributed by atoms with Gasteiger partial charge >= 0.3 is 0 Å². The zero-order chi connectivity index (χ0) is 13.7. The van der Waals surface area contributed by atoms with Crippen LogP contribution in [-0.4, -0.2) is 33.6 Å². The molecule has 102 valence electrons. The second-order valence-electron chi connectivity index (χ2n) is 4.13. The average Bonchev–Trinajstić information content (AvgIpc) is 2.78. The van der Waals surface area contributed by atoms with Crippen LogP contribution in [0.2, 0.25) is 5.02 Å². The second-order valence-corrected chi connectivity index (χ2v) is 4.54. The molecule has 2 aromatic rings. The van der Waals surface area contributed by atoms with E-state index in [2.05, 4.69) is 10.1 Å². The van der Waals surface area contributed by atoms with E-state index in [1.54, 1.807) is 18.0 Å². The van der Waals surface area contributed by atoms with E-state index in [0.29, 0.717) is 30.3 Å². The van der Waals surface area contributed by atoms with Gasteiger partial charge in [0, 0.05) is 25.4 Å². The van der Waals surface area contributed by atoms with E-state index in [1.807, 2.05) is 18.2 Å². The summed E-state index contributed by atoms with van der Waals surface area (Å²) in [6.07, 6.45) is 2.90. The van der Waals surface area contributed by atoms with Crippen molar-refractivity contribution >= 4 is 11.6 Å². The summed E-state index contributed by atoms with van der Waals surface area (Å²) in [5.74, 6) is 0. The number of pyridine rings is 1. The minimum absolute atomic E-state index is 0.402. The largest absolute Gasteiger partial charge is 0.386 e. The molecule has 0 aliphatic carbocycles. The summed E-state index contributed by atoms with van der Waals surface area (Å²) in [6, 6.07) is 5.59. The highest BCUT2D eigenvalue weighted by atomic mass is 35.5. The van der Waals surface area contributed by atoms with Gasteiger partial charge in [0.25, 0.3) is 0 Å². The molecular formula is C13H16ClN3O2. The summed E-state index contributed by atoms with van der Waals surface area (Å²) in [7, 11) is 1.62. The van der Waals surface area contributed by atoms with E-state index in [4.69, 9.17) is 16.3 Å². The molecule has 0 saturated heterocycles. The van der Waals surface area contributed by atoms with Crippen molar-refractivity contribution in [2.24, 2.45) is 0 Å². The fourth-order valence-electron chi connectivity index (χ4n) is 1.87. The van der Waals surface area contributed by atoms with Crippen molar-refractivity contribution in [3.05, 3.63) is 47.0 Å². The van der Waals surface area contributed by atoms with Crippen LogP contribution in [0.4, 0.5) is 0 Å². The van der Waals surface area contributed by atoms with Crippen LogP contribution < -0.4 is 0 Å². The van der Waals surface area contributed by atoms with Crippen LogP contribution >= 0.6 is 11.6 Å². The molecule has 0 spiro atoms. The SMILES string of the molecule is COCCn1ncc(Cl)c1C(O)Cc1ccccn1. The molecule has 6 heteroatoms.